The number of amides is 2. The minimum absolute atomic E-state index is 0.0828. The third kappa shape index (κ3) is 3.74. The van der Waals surface area contributed by atoms with Crippen LogP contribution in [-0.2, 0) is 6.54 Å². The minimum atomic E-state index is 0.0828. The minimum Gasteiger partial charge on any atom is -0.334 e. The van der Waals surface area contributed by atoms with Crippen molar-refractivity contribution in [3.05, 3.63) is 34.9 Å². The number of aryl methyl sites for hydroxylation is 2. The lowest BCUT2D eigenvalue weighted by Gasteiger charge is -2.50. The molecule has 0 spiro atoms. The summed E-state index contributed by atoms with van der Waals surface area (Å²) >= 11 is 0. The number of piperazine rings is 1. The van der Waals surface area contributed by atoms with Crippen LogP contribution in [0.4, 0.5) is 4.79 Å². The van der Waals surface area contributed by atoms with Crippen LogP contribution < -0.4 is 5.32 Å². The number of nitrogens with one attached hydrogen (secondary N) is 1. The molecule has 4 fully saturated rings. The molecule has 1 N–H and O–H groups in total. The van der Waals surface area contributed by atoms with Crippen molar-refractivity contribution in [1.29, 1.82) is 0 Å². The highest BCUT2D eigenvalue weighted by molar-refractivity contribution is 5.74. The Hall–Kier alpha value is -1.59. The number of benzene rings is 1. The van der Waals surface area contributed by atoms with E-state index in [1.165, 1.54) is 49.2 Å². The number of rotatable bonds is 3. The second-order valence-corrected chi connectivity index (χ2v) is 8.32. The van der Waals surface area contributed by atoms with Gasteiger partial charge in [-0.25, -0.2) is 4.79 Å². The lowest BCUT2D eigenvalue weighted by molar-refractivity contribution is -0.0103. The van der Waals surface area contributed by atoms with Gasteiger partial charge in [0.25, 0.3) is 0 Å². The summed E-state index contributed by atoms with van der Waals surface area (Å²) in [5, 5.41) is 3.12. The average molecular weight is 357 g/mol. The van der Waals surface area contributed by atoms with Crippen molar-refractivity contribution < 1.29 is 4.79 Å². The summed E-state index contributed by atoms with van der Waals surface area (Å²) in [6.07, 6.45) is 2.72. The third-order valence-electron chi connectivity index (χ3n) is 6.63. The number of nitrogens with zero attached hydrogens (tertiary/aromatic N) is 3. The molecule has 1 atom stereocenters. The highest BCUT2D eigenvalue weighted by Gasteiger charge is 2.38. The van der Waals surface area contributed by atoms with Crippen LogP contribution in [0.25, 0.3) is 0 Å². The first-order valence-electron chi connectivity index (χ1n) is 10.2. The number of piperidine rings is 3. The van der Waals surface area contributed by atoms with Gasteiger partial charge in [-0.2, -0.15) is 0 Å². The van der Waals surface area contributed by atoms with E-state index in [1.54, 1.807) is 0 Å². The van der Waals surface area contributed by atoms with E-state index < -0.39 is 0 Å². The summed E-state index contributed by atoms with van der Waals surface area (Å²) in [6.45, 7) is 12.4. The van der Waals surface area contributed by atoms with Crippen molar-refractivity contribution in [2.24, 2.45) is 5.92 Å². The smallest absolute Gasteiger partial charge is 0.317 e. The zero-order chi connectivity index (χ0) is 18.1. The lowest BCUT2D eigenvalue weighted by Crippen LogP contribution is -2.62. The van der Waals surface area contributed by atoms with Gasteiger partial charge in [0, 0.05) is 45.3 Å². The van der Waals surface area contributed by atoms with Crippen molar-refractivity contribution in [3.8, 4) is 0 Å². The standard InChI is InChI=1S/C21H32N4O/c1-16-3-4-17(2)19(13-16)14-22-21(26)25-11-9-24(10-12-25)20-15-23-7-5-18(20)6-8-23/h3-4,13,18,20H,5-12,14-15H2,1-2H3,(H,22,26). The fourth-order valence-electron chi connectivity index (χ4n) is 4.88. The molecule has 0 aliphatic carbocycles. The summed E-state index contributed by atoms with van der Waals surface area (Å²) < 4.78 is 0. The molecular weight excluding hydrogens is 324 g/mol. The van der Waals surface area contributed by atoms with Gasteiger partial charge in [0.2, 0.25) is 0 Å². The molecule has 0 radical (unpaired) electrons. The van der Waals surface area contributed by atoms with E-state index in [-0.39, 0.29) is 6.03 Å². The molecule has 26 heavy (non-hydrogen) atoms. The first-order chi connectivity index (χ1) is 12.6. The van der Waals surface area contributed by atoms with Crippen molar-refractivity contribution in [2.45, 2.75) is 39.3 Å². The quantitative estimate of drug-likeness (QED) is 0.903. The molecule has 0 saturated carbocycles. The first-order valence-corrected chi connectivity index (χ1v) is 10.2. The van der Waals surface area contributed by atoms with Crippen LogP contribution in [0, 0.1) is 19.8 Å². The number of hydrogen-bond donors (Lipinski definition) is 1. The first kappa shape index (κ1) is 17.8. The molecule has 4 aliphatic rings. The summed E-state index contributed by atoms with van der Waals surface area (Å²) in [6, 6.07) is 7.22. The van der Waals surface area contributed by atoms with E-state index in [0.717, 1.165) is 38.1 Å². The maximum Gasteiger partial charge on any atom is 0.317 e. The van der Waals surface area contributed by atoms with Gasteiger partial charge in [-0.3, -0.25) is 4.90 Å². The van der Waals surface area contributed by atoms with Crippen LogP contribution in [0.15, 0.2) is 18.2 Å². The van der Waals surface area contributed by atoms with Crippen LogP contribution in [-0.4, -0.2) is 72.6 Å². The number of carbonyl (C=O) groups excluding carboxylic acids is 1. The molecular formula is C21H32N4O. The molecule has 2 bridgehead atoms. The van der Waals surface area contributed by atoms with Crippen LogP contribution in [0.3, 0.4) is 0 Å². The molecule has 142 valence electrons. The maximum atomic E-state index is 12.6. The Labute approximate surface area is 157 Å². The van der Waals surface area contributed by atoms with Crippen LogP contribution in [0.1, 0.15) is 29.5 Å². The Morgan fingerprint density at radius 3 is 2.46 bits per heavy atom. The Morgan fingerprint density at radius 1 is 1.08 bits per heavy atom. The second-order valence-electron chi connectivity index (χ2n) is 8.32. The molecule has 4 aliphatic heterocycles. The topological polar surface area (TPSA) is 38.8 Å². The highest BCUT2D eigenvalue weighted by atomic mass is 16.2. The third-order valence-corrected chi connectivity index (χ3v) is 6.63. The molecule has 2 amide bonds. The molecule has 4 heterocycles. The zero-order valence-electron chi connectivity index (χ0n) is 16.2. The van der Waals surface area contributed by atoms with E-state index in [4.69, 9.17) is 0 Å². The normalized spacial score (nSPS) is 29.0. The summed E-state index contributed by atoms with van der Waals surface area (Å²) in [7, 11) is 0. The largest absolute Gasteiger partial charge is 0.334 e. The Kier molecular flexibility index (Phi) is 5.18. The van der Waals surface area contributed by atoms with Crippen molar-refractivity contribution in [1.82, 2.24) is 20.0 Å². The molecule has 1 aromatic carbocycles. The molecule has 5 heteroatoms. The van der Waals surface area contributed by atoms with Gasteiger partial charge >= 0.3 is 6.03 Å². The van der Waals surface area contributed by atoms with E-state index in [2.05, 4.69) is 47.2 Å². The predicted molar refractivity (Wildman–Crippen MR) is 104 cm³/mol. The number of hydrogen-bond acceptors (Lipinski definition) is 3. The number of fused-ring (bicyclic) bond motifs is 3. The van der Waals surface area contributed by atoms with E-state index in [9.17, 15) is 4.79 Å². The number of carbonyl (C=O) groups is 1. The van der Waals surface area contributed by atoms with Gasteiger partial charge in [0.15, 0.2) is 0 Å². The molecule has 1 aromatic rings. The highest BCUT2D eigenvalue weighted by Crippen LogP contribution is 2.31. The monoisotopic (exact) mass is 356 g/mol. The molecule has 5 nitrogen and oxygen atoms in total. The average Bonchev–Trinajstić information content (AvgIpc) is 2.69. The van der Waals surface area contributed by atoms with Crippen LogP contribution in [0.2, 0.25) is 0 Å². The van der Waals surface area contributed by atoms with Crippen molar-refractivity contribution in [3.63, 3.8) is 0 Å². The Balaban J connectivity index is 1.26. The molecule has 5 rings (SSSR count). The van der Waals surface area contributed by atoms with Gasteiger partial charge in [-0.15, -0.1) is 0 Å². The molecule has 4 saturated heterocycles. The maximum absolute atomic E-state index is 12.6. The van der Waals surface area contributed by atoms with E-state index >= 15 is 0 Å². The fraction of sp³-hybridized carbons (Fsp3) is 0.667. The fourth-order valence-corrected chi connectivity index (χ4v) is 4.88. The van der Waals surface area contributed by atoms with E-state index in [1.807, 2.05) is 4.90 Å². The van der Waals surface area contributed by atoms with Gasteiger partial charge < -0.3 is 15.1 Å². The predicted octanol–water partition coefficient (Wildman–Crippen LogP) is 2.22. The van der Waals surface area contributed by atoms with Crippen molar-refractivity contribution >= 4 is 6.03 Å². The van der Waals surface area contributed by atoms with Crippen LogP contribution >= 0.6 is 0 Å². The molecule has 1 unspecified atom stereocenters. The lowest BCUT2D eigenvalue weighted by atomic mass is 9.83. The second kappa shape index (κ2) is 7.57. The van der Waals surface area contributed by atoms with Gasteiger partial charge in [0.05, 0.1) is 0 Å². The van der Waals surface area contributed by atoms with Crippen LogP contribution in [0.5, 0.6) is 0 Å². The van der Waals surface area contributed by atoms with Crippen molar-refractivity contribution in [2.75, 3.05) is 45.8 Å². The van der Waals surface area contributed by atoms with E-state index in [0.29, 0.717) is 6.54 Å². The SMILES string of the molecule is Cc1ccc(C)c(CNC(=O)N2CCN(C3CN4CCC3CC4)CC2)c1. The summed E-state index contributed by atoms with van der Waals surface area (Å²) in [5.74, 6) is 0.879. The molecule has 0 aromatic heterocycles. The summed E-state index contributed by atoms with van der Waals surface area (Å²) in [4.78, 5) is 19.8. The Morgan fingerprint density at radius 2 is 1.81 bits per heavy atom. The summed E-state index contributed by atoms with van der Waals surface area (Å²) in [5.41, 5.74) is 3.69. The number of urea groups is 1. The van der Waals surface area contributed by atoms with Gasteiger partial charge in [-0.05, 0) is 56.8 Å². The zero-order valence-corrected chi connectivity index (χ0v) is 16.2. The Bertz CT molecular complexity index is 645. The van der Waals surface area contributed by atoms with Gasteiger partial charge in [0.1, 0.15) is 0 Å². The van der Waals surface area contributed by atoms with Gasteiger partial charge in [-0.1, -0.05) is 23.8 Å².